The molecule has 2 rings (SSSR count). The molecule has 1 aromatic heterocycles. The Balaban J connectivity index is 2.21. The Morgan fingerprint density at radius 3 is 2.38 bits per heavy atom. The average Bonchev–Trinajstić information content (AvgIpc) is 2.84. The van der Waals surface area contributed by atoms with Gasteiger partial charge in [-0.15, -0.1) is 0 Å². The van der Waals surface area contributed by atoms with E-state index in [0.717, 1.165) is 32.8 Å². The van der Waals surface area contributed by atoms with Gasteiger partial charge in [-0.05, 0) is 12.8 Å². The number of ether oxygens (including phenoxy) is 1. The summed E-state index contributed by atoms with van der Waals surface area (Å²) in [5, 5.41) is 4.45. The minimum absolute atomic E-state index is 0.205. The molecule has 1 aromatic rings. The molecule has 0 N–H and O–H groups in total. The van der Waals surface area contributed by atoms with Crippen LogP contribution in [0.3, 0.4) is 0 Å². The van der Waals surface area contributed by atoms with E-state index in [-0.39, 0.29) is 4.90 Å². The van der Waals surface area contributed by atoms with Gasteiger partial charge < -0.3 is 4.74 Å². The van der Waals surface area contributed by atoms with Crippen LogP contribution in [0.5, 0.6) is 0 Å². The van der Waals surface area contributed by atoms with Gasteiger partial charge in [-0.3, -0.25) is 9.58 Å². The Morgan fingerprint density at radius 2 is 1.86 bits per heavy atom. The number of aromatic nitrogens is 2. The SMILES string of the molecule is CCc1nn(CCN2CCOCC2)c(CC)c1S(=O)(=O)Cl. The fourth-order valence-corrected chi connectivity index (χ4v) is 4.17. The van der Waals surface area contributed by atoms with Crippen molar-refractivity contribution in [1.82, 2.24) is 14.7 Å². The van der Waals surface area contributed by atoms with Crippen LogP contribution in [0.1, 0.15) is 25.2 Å². The molecule has 0 saturated carbocycles. The van der Waals surface area contributed by atoms with Crippen LogP contribution in [-0.2, 0) is 33.2 Å². The second-order valence-corrected chi connectivity index (χ2v) is 7.55. The highest BCUT2D eigenvalue weighted by atomic mass is 35.7. The summed E-state index contributed by atoms with van der Waals surface area (Å²) < 4.78 is 30.7. The van der Waals surface area contributed by atoms with Crippen molar-refractivity contribution in [2.75, 3.05) is 32.8 Å². The van der Waals surface area contributed by atoms with Crippen LogP contribution in [0.2, 0.25) is 0 Å². The predicted octanol–water partition coefficient (Wildman–Crippen LogP) is 1.27. The normalized spacial score (nSPS) is 17.3. The molecule has 21 heavy (non-hydrogen) atoms. The van der Waals surface area contributed by atoms with Gasteiger partial charge in [0.25, 0.3) is 9.05 Å². The highest BCUT2D eigenvalue weighted by Gasteiger charge is 2.25. The molecule has 0 atom stereocenters. The molecule has 1 aliphatic heterocycles. The number of morpholine rings is 1. The van der Waals surface area contributed by atoms with E-state index in [0.29, 0.717) is 30.8 Å². The van der Waals surface area contributed by atoms with Gasteiger partial charge in [0.05, 0.1) is 31.1 Å². The zero-order chi connectivity index (χ0) is 15.5. The smallest absolute Gasteiger partial charge is 0.264 e. The molecule has 1 fully saturated rings. The summed E-state index contributed by atoms with van der Waals surface area (Å²) in [5.41, 5.74) is 1.26. The number of hydrogen-bond acceptors (Lipinski definition) is 5. The van der Waals surface area contributed by atoms with E-state index in [9.17, 15) is 8.42 Å². The summed E-state index contributed by atoms with van der Waals surface area (Å²) in [6.07, 6.45) is 1.15. The summed E-state index contributed by atoms with van der Waals surface area (Å²) in [6, 6.07) is 0. The molecule has 0 radical (unpaired) electrons. The summed E-state index contributed by atoms with van der Waals surface area (Å²) in [4.78, 5) is 2.50. The van der Waals surface area contributed by atoms with Crippen molar-refractivity contribution in [3.63, 3.8) is 0 Å². The number of nitrogens with zero attached hydrogens (tertiary/aromatic N) is 3. The van der Waals surface area contributed by atoms with Crippen LogP contribution >= 0.6 is 10.7 Å². The van der Waals surface area contributed by atoms with E-state index in [1.165, 1.54) is 0 Å². The fourth-order valence-electron chi connectivity index (χ4n) is 2.64. The first-order chi connectivity index (χ1) is 9.97. The molecule has 0 aromatic carbocycles. The maximum atomic E-state index is 11.8. The maximum absolute atomic E-state index is 11.8. The van der Waals surface area contributed by atoms with Crippen LogP contribution in [0.25, 0.3) is 0 Å². The summed E-state index contributed by atoms with van der Waals surface area (Å²) in [6.45, 7) is 8.63. The van der Waals surface area contributed by atoms with Crippen LogP contribution in [0.15, 0.2) is 4.90 Å². The fraction of sp³-hybridized carbons (Fsp3) is 0.769. The highest BCUT2D eigenvalue weighted by Crippen LogP contribution is 2.25. The first-order valence-corrected chi connectivity index (χ1v) is 9.61. The molecular weight excluding hydrogens is 314 g/mol. The molecule has 0 bridgehead atoms. The molecule has 1 saturated heterocycles. The third-order valence-electron chi connectivity index (χ3n) is 3.72. The monoisotopic (exact) mass is 335 g/mol. The Hall–Kier alpha value is -0.630. The third kappa shape index (κ3) is 3.97. The number of rotatable bonds is 6. The van der Waals surface area contributed by atoms with Crippen molar-refractivity contribution < 1.29 is 13.2 Å². The highest BCUT2D eigenvalue weighted by molar-refractivity contribution is 8.13. The van der Waals surface area contributed by atoms with Gasteiger partial charge in [0.2, 0.25) is 0 Å². The lowest BCUT2D eigenvalue weighted by Gasteiger charge is -2.26. The molecule has 1 aliphatic rings. The summed E-state index contributed by atoms with van der Waals surface area (Å²) in [7, 11) is 1.83. The minimum Gasteiger partial charge on any atom is -0.379 e. The lowest BCUT2D eigenvalue weighted by atomic mass is 10.2. The minimum atomic E-state index is -3.76. The quantitative estimate of drug-likeness (QED) is 0.732. The molecule has 0 spiro atoms. The van der Waals surface area contributed by atoms with Gasteiger partial charge in [0.15, 0.2) is 0 Å². The Bertz CT molecular complexity index is 580. The third-order valence-corrected chi connectivity index (χ3v) is 5.14. The first kappa shape index (κ1) is 16.7. The lowest BCUT2D eigenvalue weighted by Crippen LogP contribution is -2.38. The number of hydrogen-bond donors (Lipinski definition) is 0. The maximum Gasteiger partial charge on any atom is 0.264 e. The van der Waals surface area contributed by atoms with Crippen molar-refractivity contribution >= 4 is 19.7 Å². The van der Waals surface area contributed by atoms with Gasteiger partial charge in [-0.2, -0.15) is 5.10 Å². The molecule has 0 amide bonds. The Labute approximate surface area is 130 Å². The zero-order valence-corrected chi connectivity index (χ0v) is 14.1. The summed E-state index contributed by atoms with van der Waals surface area (Å²) in [5.74, 6) is 0. The number of aryl methyl sites for hydroxylation is 1. The van der Waals surface area contributed by atoms with Gasteiger partial charge in [0, 0.05) is 30.3 Å². The van der Waals surface area contributed by atoms with E-state index in [2.05, 4.69) is 10.00 Å². The predicted molar refractivity (Wildman–Crippen MR) is 81.3 cm³/mol. The van der Waals surface area contributed by atoms with Crippen molar-refractivity contribution in [2.24, 2.45) is 0 Å². The van der Waals surface area contributed by atoms with Crippen molar-refractivity contribution in [1.29, 1.82) is 0 Å². The van der Waals surface area contributed by atoms with E-state index >= 15 is 0 Å². The average molecular weight is 336 g/mol. The molecule has 0 unspecified atom stereocenters. The van der Waals surface area contributed by atoms with Crippen molar-refractivity contribution in [3.05, 3.63) is 11.4 Å². The van der Waals surface area contributed by atoms with E-state index in [4.69, 9.17) is 15.4 Å². The van der Waals surface area contributed by atoms with E-state index in [1.54, 1.807) is 4.68 Å². The van der Waals surface area contributed by atoms with E-state index < -0.39 is 9.05 Å². The van der Waals surface area contributed by atoms with Crippen LogP contribution in [-0.4, -0.2) is 55.9 Å². The standard InChI is InChI=1S/C13H22ClN3O3S/c1-3-11-13(21(14,18)19)12(4-2)17(15-11)6-5-16-7-9-20-10-8-16/h3-10H2,1-2H3. The van der Waals surface area contributed by atoms with Crippen molar-refractivity contribution in [3.8, 4) is 0 Å². The second-order valence-electron chi connectivity index (χ2n) is 5.04. The Morgan fingerprint density at radius 1 is 1.19 bits per heavy atom. The molecule has 0 aliphatic carbocycles. The van der Waals surface area contributed by atoms with Gasteiger partial charge in [-0.1, -0.05) is 13.8 Å². The largest absolute Gasteiger partial charge is 0.379 e. The lowest BCUT2D eigenvalue weighted by molar-refractivity contribution is 0.0358. The Kier molecular flexibility index (Phi) is 5.65. The van der Waals surface area contributed by atoms with Crippen LogP contribution in [0, 0.1) is 0 Å². The van der Waals surface area contributed by atoms with Crippen LogP contribution < -0.4 is 0 Å². The molecule has 6 nitrogen and oxygen atoms in total. The summed E-state index contributed by atoms with van der Waals surface area (Å²) >= 11 is 0. The van der Waals surface area contributed by atoms with Gasteiger partial charge >= 0.3 is 0 Å². The molecule has 120 valence electrons. The molecule has 2 heterocycles. The zero-order valence-electron chi connectivity index (χ0n) is 12.5. The number of halogens is 1. The molecular formula is C13H22ClN3O3S. The van der Waals surface area contributed by atoms with Crippen molar-refractivity contribution in [2.45, 2.75) is 38.1 Å². The van der Waals surface area contributed by atoms with Gasteiger partial charge in [0.1, 0.15) is 4.90 Å². The topological polar surface area (TPSA) is 64.4 Å². The molecule has 8 heteroatoms. The first-order valence-electron chi connectivity index (χ1n) is 7.30. The second kappa shape index (κ2) is 7.09. The van der Waals surface area contributed by atoms with E-state index in [1.807, 2.05) is 13.8 Å². The van der Waals surface area contributed by atoms with Crippen LogP contribution in [0.4, 0.5) is 0 Å². The van der Waals surface area contributed by atoms with Gasteiger partial charge in [-0.25, -0.2) is 8.42 Å².